The molecule has 2 aromatic carbocycles. The number of benzene rings is 2. The molecular formula is C17H21NOS. The lowest BCUT2D eigenvalue weighted by molar-refractivity contribution is 0.341. The number of ether oxygens (including phenoxy) is 1. The molecule has 2 aromatic rings. The monoisotopic (exact) mass is 287 g/mol. The van der Waals surface area contributed by atoms with E-state index in [0.29, 0.717) is 6.61 Å². The van der Waals surface area contributed by atoms with Gasteiger partial charge in [-0.15, -0.1) is 11.8 Å². The van der Waals surface area contributed by atoms with Crippen LogP contribution in [0.3, 0.4) is 0 Å². The van der Waals surface area contributed by atoms with Gasteiger partial charge in [0.25, 0.3) is 0 Å². The molecule has 0 bridgehead atoms. The largest absolute Gasteiger partial charge is 0.492 e. The smallest absolute Gasteiger partial charge is 0.122 e. The van der Waals surface area contributed by atoms with Crippen molar-refractivity contribution in [2.24, 2.45) is 0 Å². The van der Waals surface area contributed by atoms with E-state index in [9.17, 15) is 0 Å². The number of hydrogen-bond acceptors (Lipinski definition) is 3. The van der Waals surface area contributed by atoms with Crippen LogP contribution in [0, 0.1) is 20.8 Å². The maximum atomic E-state index is 5.97. The number of anilines is 1. The Hall–Kier alpha value is -1.61. The Kier molecular flexibility index (Phi) is 4.96. The van der Waals surface area contributed by atoms with Crippen molar-refractivity contribution in [3.63, 3.8) is 0 Å². The van der Waals surface area contributed by atoms with Gasteiger partial charge in [-0.25, -0.2) is 0 Å². The molecule has 0 saturated heterocycles. The van der Waals surface area contributed by atoms with Crippen molar-refractivity contribution in [2.45, 2.75) is 25.7 Å². The average molecular weight is 287 g/mol. The summed E-state index contributed by atoms with van der Waals surface area (Å²) < 4.78 is 5.85. The maximum Gasteiger partial charge on any atom is 0.122 e. The van der Waals surface area contributed by atoms with Gasteiger partial charge in [0.2, 0.25) is 0 Å². The third kappa shape index (κ3) is 3.94. The Morgan fingerprint density at radius 1 is 1.00 bits per heavy atom. The van der Waals surface area contributed by atoms with Crippen molar-refractivity contribution in [3.05, 3.63) is 53.1 Å². The summed E-state index contributed by atoms with van der Waals surface area (Å²) in [5.41, 5.74) is 10.4. The predicted octanol–water partition coefficient (Wildman–Crippen LogP) is 4.37. The molecule has 0 atom stereocenters. The van der Waals surface area contributed by atoms with Crippen molar-refractivity contribution in [1.82, 2.24) is 0 Å². The zero-order valence-corrected chi connectivity index (χ0v) is 13.1. The molecule has 106 valence electrons. The van der Waals surface area contributed by atoms with Crippen LogP contribution in [-0.4, -0.2) is 12.4 Å². The summed E-state index contributed by atoms with van der Waals surface area (Å²) in [5, 5.41) is 0. The molecular weight excluding hydrogens is 266 g/mol. The van der Waals surface area contributed by atoms with Gasteiger partial charge in [0.15, 0.2) is 0 Å². The summed E-state index contributed by atoms with van der Waals surface area (Å²) in [4.78, 5) is 1.13. The van der Waals surface area contributed by atoms with Crippen LogP contribution in [0.1, 0.15) is 16.7 Å². The molecule has 3 heteroatoms. The van der Waals surface area contributed by atoms with E-state index in [1.54, 1.807) is 11.8 Å². The highest BCUT2D eigenvalue weighted by atomic mass is 32.2. The number of nitrogen functional groups attached to an aromatic ring is 1. The van der Waals surface area contributed by atoms with E-state index < -0.39 is 0 Å². The van der Waals surface area contributed by atoms with E-state index in [2.05, 4.69) is 45.0 Å². The van der Waals surface area contributed by atoms with Gasteiger partial charge in [-0.05, 0) is 55.7 Å². The van der Waals surface area contributed by atoms with Crippen molar-refractivity contribution in [2.75, 3.05) is 18.1 Å². The number of aryl methyl sites for hydroxylation is 3. The quantitative estimate of drug-likeness (QED) is 0.504. The Morgan fingerprint density at radius 2 is 1.70 bits per heavy atom. The van der Waals surface area contributed by atoms with Crippen LogP contribution < -0.4 is 10.5 Å². The molecule has 0 heterocycles. The Bertz CT molecular complexity index is 542. The molecule has 2 N–H and O–H groups in total. The lowest BCUT2D eigenvalue weighted by Crippen LogP contribution is -2.02. The third-order valence-electron chi connectivity index (χ3n) is 3.11. The number of thioether (sulfide) groups is 1. The van der Waals surface area contributed by atoms with Crippen LogP contribution >= 0.6 is 11.8 Å². The molecule has 0 fully saturated rings. The highest BCUT2D eigenvalue weighted by molar-refractivity contribution is 7.99. The SMILES string of the molecule is Cc1ccc(C)c(OCCSc2cc(C)ccc2N)c1. The third-order valence-corrected chi connectivity index (χ3v) is 4.15. The van der Waals surface area contributed by atoms with Crippen molar-refractivity contribution >= 4 is 17.4 Å². The second kappa shape index (κ2) is 6.71. The van der Waals surface area contributed by atoms with Gasteiger partial charge in [-0.3, -0.25) is 0 Å². The molecule has 2 rings (SSSR count). The minimum absolute atomic E-state index is 0.683. The highest BCUT2D eigenvalue weighted by Crippen LogP contribution is 2.26. The average Bonchev–Trinajstić information content (AvgIpc) is 2.42. The lowest BCUT2D eigenvalue weighted by atomic mass is 10.1. The summed E-state index contributed by atoms with van der Waals surface area (Å²) in [6.07, 6.45) is 0. The standard InChI is InChI=1S/C17H21NOS/c1-12-4-6-14(3)16(10-12)19-8-9-20-17-11-13(2)5-7-15(17)18/h4-7,10-11H,8-9,18H2,1-3H3. The van der Waals surface area contributed by atoms with Gasteiger partial charge in [-0.2, -0.15) is 0 Å². The first kappa shape index (κ1) is 14.8. The zero-order chi connectivity index (χ0) is 14.5. The van der Waals surface area contributed by atoms with Gasteiger partial charge >= 0.3 is 0 Å². The first-order chi connectivity index (χ1) is 9.56. The van der Waals surface area contributed by atoms with Gasteiger partial charge in [0, 0.05) is 16.3 Å². The van der Waals surface area contributed by atoms with E-state index >= 15 is 0 Å². The van der Waals surface area contributed by atoms with Crippen LogP contribution in [0.25, 0.3) is 0 Å². The van der Waals surface area contributed by atoms with Crippen LogP contribution in [0.5, 0.6) is 5.75 Å². The van der Waals surface area contributed by atoms with Gasteiger partial charge in [0.05, 0.1) is 6.61 Å². The second-order valence-corrected chi connectivity index (χ2v) is 6.14. The molecule has 0 amide bonds. The van der Waals surface area contributed by atoms with Crippen LogP contribution in [-0.2, 0) is 0 Å². The normalized spacial score (nSPS) is 10.6. The van der Waals surface area contributed by atoms with Gasteiger partial charge < -0.3 is 10.5 Å². The summed E-state index contributed by atoms with van der Waals surface area (Å²) >= 11 is 1.74. The minimum Gasteiger partial charge on any atom is -0.492 e. The Balaban J connectivity index is 1.87. The van der Waals surface area contributed by atoms with Crippen molar-refractivity contribution in [1.29, 1.82) is 0 Å². The lowest BCUT2D eigenvalue weighted by Gasteiger charge is -2.10. The molecule has 0 aliphatic rings. The fraction of sp³-hybridized carbons (Fsp3) is 0.294. The van der Waals surface area contributed by atoms with E-state index in [4.69, 9.17) is 10.5 Å². The van der Waals surface area contributed by atoms with Crippen LogP contribution in [0.4, 0.5) is 5.69 Å². The molecule has 0 saturated carbocycles. The zero-order valence-electron chi connectivity index (χ0n) is 12.3. The molecule has 20 heavy (non-hydrogen) atoms. The van der Waals surface area contributed by atoms with Gasteiger partial charge in [0.1, 0.15) is 5.75 Å². The predicted molar refractivity (Wildman–Crippen MR) is 87.7 cm³/mol. The first-order valence-corrected chi connectivity index (χ1v) is 7.74. The van der Waals surface area contributed by atoms with Crippen LogP contribution in [0.2, 0.25) is 0 Å². The fourth-order valence-electron chi connectivity index (χ4n) is 1.93. The second-order valence-electron chi connectivity index (χ2n) is 5.01. The topological polar surface area (TPSA) is 35.2 Å². The maximum absolute atomic E-state index is 5.97. The van der Waals surface area contributed by atoms with Crippen LogP contribution in [0.15, 0.2) is 41.3 Å². The number of hydrogen-bond donors (Lipinski definition) is 1. The summed E-state index contributed by atoms with van der Waals surface area (Å²) in [6, 6.07) is 12.4. The van der Waals surface area contributed by atoms with Crippen molar-refractivity contribution in [3.8, 4) is 5.75 Å². The van der Waals surface area contributed by atoms with Crippen molar-refractivity contribution < 1.29 is 4.74 Å². The Morgan fingerprint density at radius 3 is 2.50 bits per heavy atom. The number of nitrogens with two attached hydrogens (primary N) is 1. The molecule has 0 spiro atoms. The molecule has 0 radical (unpaired) electrons. The first-order valence-electron chi connectivity index (χ1n) is 6.75. The molecule has 2 nitrogen and oxygen atoms in total. The van der Waals surface area contributed by atoms with E-state index in [1.165, 1.54) is 16.7 Å². The Labute approximate surface area is 125 Å². The molecule has 0 unspecified atom stereocenters. The number of rotatable bonds is 5. The van der Waals surface area contributed by atoms with E-state index in [0.717, 1.165) is 22.1 Å². The van der Waals surface area contributed by atoms with Gasteiger partial charge in [-0.1, -0.05) is 18.2 Å². The highest BCUT2D eigenvalue weighted by Gasteiger charge is 2.02. The summed E-state index contributed by atoms with van der Waals surface area (Å²) in [7, 11) is 0. The summed E-state index contributed by atoms with van der Waals surface area (Å²) in [5.74, 6) is 1.86. The van der Waals surface area contributed by atoms with E-state index in [-0.39, 0.29) is 0 Å². The van der Waals surface area contributed by atoms with E-state index in [1.807, 2.05) is 12.1 Å². The summed E-state index contributed by atoms with van der Waals surface area (Å²) in [6.45, 7) is 6.91. The minimum atomic E-state index is 0.683. The molecule has 0 aliphatic heterocycles. The fourth-order valence-corrected chi connectivity index (χ4v) is 2.82. The molecule has 0 aliphatic carbocycles. The molecule has 0 aromatic heterocycles.